The Balaban J connectivity index is 2.06. The van der Waals surface area contributed by atoms with E-state index in [0.29, 0.717) is 11.5 Å². The molecule has 32 heavy (non-hydrogen) atoms. The van der Waals surface area contributed by atoms with Crippen molar-refractivity contribution in [2.24, 2.45) is 10.8 Å². The topological polar surface area (TPSA) is 71.1 Å². The maximum absolute atomic E-state index is 12.9. The lowest BCUT2D eigenvalue weighted by molar-refractivity contribution is -0.172. The molecule has 0 amide bonds. The third-order valence-corrected chi connectivity index (χ3v) is 7.41. The summed E-state index contributed by atoms with van der Waals surface area (Å²) in [7, 11) is 0. The number of fused-ring (bicyclic) bond motifs is 1. The largest absolute Gasteiger partial charge is 0.470 e. The lowest BCUT2D eigenvalue weighted by Crippen LogP contribution is -2.51. The Hall–Kier alpha value is -2.24. The van der Waals surface area contributed by atoms with Crippen LogP contribution in [0, 0.1) is 10.8 Å². The number of para-hydroxylation sites is 2. The third kappa shape index (κ3) is 6.63. The molecule has 0 saturated heterocycles. The fraction of sp³-hybridized carbons (Fsp3) is 0.692. The summed E-state index contributed by atoms with van der Waals surface area (Å²) in [6.07, 6.45) is 3.10. The fourth-order valence-corrected chi connectivity index (χ4v) is 3.55. The molecule has 1 heterocycles. The Labute approximate surface area is 193 Å². The lowest BCUT2D eigenvalue weighted by atomic mass is 9.82. The van der Waals surface area contributed by atoms with E-state index >= 15 is 0 Å². The Morgan fingerprint density at radius 2 is 1.09 bits per heavy atom. The van der Waals surface area contributed by atoms with Crippen molar-refractivity contribution in [3.8, 4) is 11.5 Å². The predicted molar refractivity (Wildman–Crippen MR) is 124 cm³/mol. The third-order valence-electron chi connectivity index (χ3n) is 7.41. The second-order valence-electron chi connectivity index (χ2n) is 9.39. The number of carbonyl (C=O) groups excluding carboxylic acids is 2. The molecule has 180 valence electrons. The van der Waals surface area contributed by atoms with E-state index in [9.17, 15) is 9.59 Å². The molecule has 2 unspecified atom stereocenters. The van der Waals surface area contributed by atoms with Crippen LogP contribution in [0.2, 0.25) is 0 Å². The van der Waals surface area contributed by atoms with Crippen molar-refractivity contribution in [3.05, 3.63) is 24.3 Å². The first kappa shape index (κ1) is 26.0. The molecule has 1 aliphatic heterocycles. The van der Waals surface area contributed by atoms with E-state index in [2.05, 4.69) is 41.5 Å². The van der Waals surface area contributed by atoms with E-state index in [1.807, 2.05) is 0 Å². The number of carbonyl (C=O) groups is 2. The molecule has 0 spiro atoms. The van der Waals surface area contributed by atoms with Crippen molar-refractivity contribution in [2.45, 2.75) is 92.3 Å². The highest BCUT2D eigenvalue weighted by Crippen LogP contribution is 2.35. The van der Waals surface area contributed by atoms with Gasteiger partial charge in [0.2, 0.25) is 12.2 Å². The molecule has 0 bridgehead atoms. The van der Waals surface area contributed by atoms with Crippen molar-refractivity contribution in [1.29, 1.82) is 0 Å². The molecule has 6 heteroatoms. The maximum atomic E-state index is 12.9. The van der Waals surface area contributed by atoms with E-state index in [1.165, 1.54) is 0 Å². The molecular formula is C26H40O6. The maximum Gasteiger partial charge on any atom is 0.351 e. The highest BCUT2D eigenvalue weighted by atomic mass is 16.6. The van der Waals surface area contributed by atoms with Crippen LogP contribution in [0.25, 0.3) is 0 Å². The number of rotatable bonds is 12. The SMILES string of the molecule is CCC(C)(CC)CCOC(=O)C1Oc2ccccc2OC1C(=O)OCCC(C)(CC)CC. The normalized spacial score (nSPS) is 18.2. The molecule has 0 fully saturated rings. The van der Waals surface area contributed by atoms with Gasteiger partial charge in [0.25, 0.3) is 0 Å². The molecule has 1 aliphatic rings. The van der Waals surface area contributed by atoms with E-state index in [4.69, 9.17) is 18.9 Å². The molecule has 2 rings (SSSR count). The Morgan fingerprint density at radius 1 is 0.750 bits per heavy atom. The zero-order chi connectivity index (χ0) is 23.8. The average Bonchev–Trinajstić information content (AvgIpc) is 2.82. The van der Waals surface area contributed by atoms with Crippen LogP contribution in [-0.2, 0) is 19.1 Å². The van der Waals surface area contributed by atoms with Gasteiger partial charge in [0.1, 0.15) is 0 Å². The molecular weight excluding hydrogens is 408 g/mol. The van der Waals surface area contributed by atoms with Crippen molar-refractivity contribution >= 4 is 11.9 Å². The van der Waals surface area contributed by atoms with Crippen LogP contribution < -0.4 is 9.47 Å². The Kier molecular flexibility index (Phi) is 9.41. The van der Waals surface area contributed by atoms with E-state index in [1.54, 1.807) is 24.3 Å². The summed E-state index contributed by atoms with van der Waals surface area (Å²) in [6.45, 7) is 13.4. The highest BCUT2D eigenvalue weighted by Gasteiger charge is 2.44. The van der Waals surface area contributed by atoms with Gasteiger partial charge in [-0.2, -0.15) is 0 Å². The summed E-state index contributed by atoms with van der Waals surface area (Å²) in [5.74, 6) is -0.393. The molecule has 1 aromatic rings. The summed E-state index contributed by atoms with van der Waals surface area (Å²) in [5.41, 5.74) is 0.223. The van der Waals surface area contributed by atoms with Crippen molar-refractivity contribution in [3.63, 3.8) is 0 Å². The summed E-state index contributed by atoms with van der Waals surface area (Å²) in [4.78, 5) is 25.8. The van der Waals surface area contributed by atoms with Gasteiger partial charge in [-0.25, -0.2) is 9.59 Å². The zero-order valence-electron chi connectivity index (χ0n) is 20.6. The van der Waals surface area contributed by atoms with Gasteiger partial charge in [0.05, 0.1) is 13.2 Å². The highest BCUT2D eigenvalue weighted by molar-refractivity contribution is 5.87. The molecule has 0 aromatic heterocycles. The van der Waals surface area contributed by atoms with Gasteiger partial charge in [0.15, 0.2) is 11.5 Å². The van der Waals surface area contributed by atoms with Gasteiger partial charge >= 0.3 is 11.9 Å². The summed E-state index contributed by atoms with van der Waals surface area (Å²) in [6, 6.07) is 6.98. The van der Waals surface area contributed by atoms with Crippen LogP contribution in [0.3, 0.4) is 0 Å². The minimum atomic E-state index is -1.20. The first-order valence-corrected chi connectivity index (χ1v) is 12.0. The molecule has 0 aliphatic carbocycles. The molecule has 6 nitrogen and oxygen atoms in total. The first-order chi connectivity index (χ1) is 15.2. The van der Waals surface area contributed by atoms with Gasteiger partial charge in [-0.15, -0.1) is 0 Å². The molecule has 0 radical (unpaired) electrons. The van der Waals surface area contributed by atoms with E-state index < -0.39 is 24.1 Å². The smallest absolute Gasteiger partial charge is 0.351 e. The van der Waals surface area contributed by atoms with Gasteiger partial charge in [-0.3, -0.25) is 0 Å². The standard InChI is InChI=1S/C26H40O6/c1-7-25(5,8-2)15-17-29-23(27)21-22(32-20-14-12-11-13-19(20)31-21)24(28)30-18-16-26(6,9-3)10-4/h11-14,21-22H,7-10,15-18H2,1-6H3. The second kappa shape index (κ2) is 11.6. The van der Waals surface area contributed by atoms with Gasteiger partial charge in [0, 0.05) is 0 Å². The van der Waals surface area contributed by atoms with Gasteiger partial charge < -0.3 is 18.9 Å². The first-order valence-electron chi connectivity index (χ1n) is 12.0. The summed E-state index contributed by atoms with van der Waals surface area (Å²) >= 11 is 0. The van der Waals surface area contributed by atoms with Crippen LogP contribution in [-0.4, -0.2) is 37.4 Å². The zero-order valence-corrected chi connectivity index (χ0v) is 20.6. The number of ether oxygens (including phenoxy) is 4. The molecule has 0 N–H and O–H groups in total. The molecule has 1 aromatic carbocycles. The van der Waals surface area contributed by atoms with Gasteiger partial charge in [-0.1, -0.05) is 79.4 Å². The number of benzene rings is 1. The average molecular weight is 449 g/mol. The quantitative estimate of drug-likeness (QED) is 0.381. The minimum Gasteiger partial charge on any atom is -0.470 e. The number of hydrogen-bond donors (Lipinski definition) is 0. The van der Waals surface area contributed by atoms with Crippen molar-refractivity contribution < 1.29 is 28.5 Å². The Morgan fingerprint density at radius 3 is 1.41 bits per heavy atom. The number of hydrogen-bond acceptors (Lipinski definition) is 6. The Bertz CT molecular complexity index is 687. The molecule has 2 atom stereocenters. The minimum absolute atomic E-state index is 0.111. The van der Waals surface area contributed by atoms with Crippen LogP contribution in [0.5, 0.6) is 11.5 Å². The summed E-state index contributed by atoms with van der Waals surface area (Å²) < 4.78 is 22.7. The lowest BCUT2D eigenvalue weighted by Gasteiger charge is -2.32. The summed E-state index contributed by atoms with van der Waals surface area (Å²) in [5, 5.41) is 0. The van der Waals surface area contributed by atoms with E-state index in [0.717, 1.165) is 38.5 Å². The van der Waals surface area contributed by atoms with Crippen LogP contribution in [0.4, 0.5) is 0 Å². The van der Waals surface area contributed by atoms with Crippen LogP contribution in [0.1, 0.15) is 80.1 Å². The van der Waals surface area contributed by atoms with Crippen molar-refractivity contribution in [1.82, 2.24) is 0 Å². The van der Waals surface area contributed by atoms with Crippen molar-refractivity contribution in [2.75, 3.05) is 13.2 Å². The monoisotopic (exact) mass is 448 g/mol. The van der Waals surface area contributed by atoms with Gasteiger partial charge in [-0.05, 0) is 35.8 Å². The van der Waals surface area contributed by atoms with Crippen LogP contribution in [0.15, 0.2) is 24.3 Å². The second-order valence-corrected chi connectivity index (χ2v) is 9.39. The van der Waals surface area contributed by atoms with E-state index in [-0.39, 0.29) is 24.0 Å². The molecule has 0 saturated carbocycles. The number of esters is 2. The predicted octanol–water partition coefficient (Wildman–Crippen LogP) is 5.71. The van der Waals surface area contributed by atoms with Crippen LogP contribution >= 0.6 is 0 Å². The fourth-order valence-electron chi connectivity index (χ4n) is 3.55.